The van der Waals surface area contributed by atoms with E-state index in [2.05, 4.69) is 5.32 Å². The molecule has 0 aliphatic carbocycles. The highest BCUT2D eigenvalue weighted by molar-refractivity contribution is 6.00. The Morgan fingerprint density at radius 2 is 1.53 bits per heavy atom. The molecule has 0 unspecified atom stereocenters. The molecule has 0 bridgehead atoms. The van der Waals surface area contributed by atoms with Crippen molar-refractivity contribution in [1.29, 1.82) is 0 Å². The molecule has 0 saturated heterocycles. The fourth-order valence-electron chi connectivity index (χ4n) is 2.93. The zero-order chi connectivity index (χ0) is 24.5. The van der Waals surface area contributed by atoms with Gasteiger partial charge in [0, 0.05) is 11.8 Å². The van der Waals surface area contributed by atoms with Gasteiger partial charge in [-0.15, -0.1) is 0 Å². The van der Waals surface area contributed by atoms with Crippen molar-refractivity contribution in [2.24, 2.45) is 0 Å². The standard InChI is InChI=1S/C24H23NO9/c1-3-30-23(28)16-10-17(24(29)31-4-2)12-18(11-16)25-21(26)13-32-22(27)8-6-15-5-7-19-20(9-15)34-14-33-19/h5-12H,3-4,13-14H2,1-2H3,(H,25,26). The molecule has 0 radical (unpaired) electrons. The first-order valence-electron chi connectivity index (χ1n) is 10.4. The molecular formula is C24H23NO9. The van der Waals surface area contributed by atoms with Gasteiger partial charge in [0.1, 0.15) is 0 Å². The van der Waals surface area contributed by atoms with Crippen molar-refractivity contribution < 1.29 is 42.9 Å². The second kappa shape index (κ2) is 11.5. The molecule has 2 aromatic rings. The number of carbonyl (C=O) groups is 4. The number of nitrogens with one attached hydrogen (secondary N) is 1. The molecule has 0 fully saturated rings. The molecule has 1 aliphatic heterocycles. The predicted octanol–water partition coefficient (Wildman–Crippen LogP) is 2.96. The van der Waals surface area contributed by atoms with Crippen LogP contribution in [0.3, 0.4) is 0 Å². The Bertz CT molecular complexity index is 1090. The van der Waals surface area contributed by atoms with Crippen molar-refractivity contribution in [3.63, 3.8) is 0 Å². The third kappa shape index (κ3) is 6.58. The topological polar surface area (TPSA) is 126 Å². The number of hydrogen-bond acceptors (Lipinski definition) is 9. The van der Waals surface area contributed by atoms with Gasteiger partial charge in [-0.05, 0) is 55.8 Å². The van der Waals surface area contributed by atoms with E-state index in [0.717, 1.165) is 0 Å². The second-order valence-corrected chi connectivity index (χ2v) is 6.84. The van der Waals surface area contributed by atoms with E-state index in [-0.39, 0.29) is 36.8 Å². The fraction of sp³-hybridized carbons (Fsp3) is 0.250. The lowest BCUT2D eigenvalue weighted by molar-refractivity contribution is -0.142. The number of fused-ring (bicyclic) bond motifs is 1. The van der Waals surface area contributed by atoms with Crippen LogP contribution >= 0.6 is 0 Å². The van der Waals surface area contributed by atoms with E-state index in [1.54, 1.807) is 32.0 Å². The van der Waals surface area contributed by atoms with Gasteiger partial charge in [-0.3, -0.25) is 4.79 Å². The number of anilines is 1. The third-order valence-corrected chi connectivity index (χ3v) is 4.39. The van der Waals surface area contributed by atoms with Crippen LogP contribution in [0, 0.1) is 0 Å². The number of hydrogen-bond donors (Lipinski definition) is 1. The normalized spacial score (nSPS) is 11.7. The van der Waals surface area contributed by atoms with E-state index in [4.69, 9.17) is 23.7 Å². The van der Waals surface area contributed by atoms with Crippen LogP contribution in [0.4, 0.5) is 5.69 Å². The van der Waals surface area contributed by atoms with Crippen LogP contribution in [0.1, 0.15) is 40.1 Å². The van der Waals surface area contributed by atoms with Crippen molar-refractivity contribution in [3.8, 4) is 11.5 Å². The van der Waals surface area contributed by atoms with Crippen molar-refractivity contribution in [2.45, 2.75) is 13.8 Å². The predicted molar refractivity (Wildman–Crippen MR) is 120 cm³/mol. The summed E-state index contributed by atoms with van der Waals surface area (Å²) in [5.41, 5.74) is 0.955. The SMILES string of the molecule is CCOC(=O)c1cc(NC(=O)COC(=O)C=Cc2ccc3c(c2)OCO3)cc(C(=O)OCC)c1. The van der Waals surface area contributed by atoms with Crippen molar-refractivity contribution >= 4 is 35.6 Å². The molecule has 3 rings (SSSR count). The Kier molecular flexibility index (Phi) is 8.22. The average Bonchev–Trinajstić information content (AvgIpc) is 3.29. The van der Waals surface area contributed by atoms with Gasteiger partial charge in [0.05, 0.1) is 24.3 Å². The van der Waals surface area contributed by atoms with Crippen LogP contribution in [0.5, 0.6) is 11.5 Å². The van der Waals surface area contributed by atoms with Crippen molar-refractivity contribution in [3.05, 3.63) is 59.2 Å². The van der Waals surface area contributed by atoms with Crippen LogP contribution in [0.25, 0.3) is 6.08 Å². The van der Waals surface area contributed by atoms with Gasteiger partial charge >= 0.3 is 17.9 Å². The summed E-state index contributed by atoms with van der Waals surface area (Å²) >= 11 is 0. The zero-order valence-electron chi connectivity index (χ0n) is 18.6. The molecule has 1 aliphatic rings. The monoisotopic (exact) mass is 469 g/mol. The Morgan fingerprint density at radius 1 is 0.882 bits per heavy atom. The summed E-state index contributed by atoms with van der Waals surface area (Å²) in [6.07, 6.45) is 2.68. The maximum Gasteiger partial charge on any atom is 0.338 e. The summed E-state index contributed by atoms with van der Waals surface area (Å²) in [7, 11) is 0. The lowest BCUT2D eigenvalue weighted by Gasteiger charge is -2.10. The first-order valence-corrected chi connectivity index (χ1v) is 10.4. The molecular weight excluding hydrogens is 446 g/mol. The zero-order valence-corrected chi connectivity index (χ0v) is 18.6. The summed E-state index contributed by atoms with van der Waals surface area (Å²) in [4.78, 5) is 48.4. The summed E-state index contributed by atoms with van der Waals surface area (Å²) in [6.45, 7) is 3.13. The van der Waals surface area contributed by atoms with Crippen LogP contribution < -0.4 is 14.8 Å². The third-order valence-electron chi connectivity index (χ3n) is 4.39. The van der Waals surface area contributed by atoms with Gasteiger partial charge in [-0.25, -0.2) is 14.4 Å². The molecule has 178 valence electrons. The van der Waals surface area contributed by atoms with E-state index in [0.29, 0.717) is 17.1 Å². The number of carbonyl (C=O) groups excluding carboxylic acids is 4. The first kappa shape index (κ1) is 24.3. The summed E-state index contributed by atoms with van der Waals surface area (Å²) < 4.78 is 25.3. The Hall–Kier alpha value is -4.34. The molecule has 1 heterocycles. The maximum absolute atomic E-state index is 12.3. The van der Waals surface area contributed by atoms with Gasteiger partial charge in [-0.1, -0.05) is 6.07 Å². The number of benzene rings is 2. The van der Waals surface area contributed by atoms with E-state index >= 15 is 0 Å². The number of rotatable bonds is 9. The van der Waals surface area contributed by atoms with E-state index < -0.39 is 30.4 Å². The Morgan fingerprint density at radius 3 is 2.18 bits per heavy atom. The maximum atomic E-state index is 12.3. The highest BCUT2D eigenvalue weighted by Crippen LogP contribution is 2.32. The molecule has 0 spiro atoms. The lowest BCUT2D eigenvalue weighted by atomic mass is 10.1. The molecule has 34 heavy (non-hydrogen) atoms. The number of esters is 3. The largest absolute Gasteiger partial charge is 0.462 e. The molecule has 1 amide bonds. The van der Waals surface area contributed by atoms with Crippen LogP contribution in [-0.4, -0.2) is 50.4 Å². The number of ether oxygens (including phenoxy) is 5. The molecule has 0 atom stereocenters. The first-order chi connectivity index (χ1) is 16.4. The minimum Gasteiger partial charge on any atom is -0.462 e. The minimum absolute atomic E-state index is 0.0614. The fourth-order valence-corrected chi connectivity index (χ4v) is 2.93. The highest BCUT2D eigenvalue weighted by Gasteiger charge is 2.16. The molecule has 10 nitrogen and oxygen atoms in total. The van der Waals surface area contributed by atoms with Gasteiger partial charge in [0.25, 0.3) is 5.91 Å². The quantitative estimate of drug-likeness (QED) is 0.335. The molecule has 10 heteroatoms. The average molecular weight is 469 g/mol. The Balaban J connectivity index is 1.60. The van der Waals surface area contributed by atoms with Gasteiger partial charge in [-0.2, -0.15) is 0 Å². The van der Waals surface area contributed by atoms with Gasteiger partial charge in [0.15, 0.2) is 18.1 Å². The summed E-state index contributed by atoms with van der Waals surface area (Å²) in [5, 5.41) is 2.49. The summed E-state index contributed by atoms with van der Waals surface area (Å²) in [5.74, 6) is -1.54. The smallest absolute Gasteiger partial charge is 0.338 e. The minimum atomic E-state index is -0.736. The van der Waals surface area contributed by atoms with Gasteiger partial charge < -0.3 is 29.0 Å². The lowest BCUT2D eigenvalue weighted by Crippen LogP contribution is -2.21. The second-order valence-electron chi connectivity index (χ2n) is 6.84. The van der Waals surface area contributed by atoms with Gasteiger partial charge in [0.2, 0.25) is 6.79 Å². The molecule has 0 aromatic heterocycles. The molecule has 2 aromatic carbocycles. The number of amides is 1. The van der Waals surface area contributed by atoms with E-state index in [1.807, 2.05) is 0 Å². The van der Waals surface area contributed by atoms with E-state index in [9.17, 15) is 19.2 Å². The van der Waals surface area contributed by atoms with Crippen molar-refractivity contribution in [1.82, 2.24) is 0 Å². The van der Waals surface area contributed by atoms with E-state index in [1.165, 1.54) is 30.4 Å². The van der Waals surface area contributed by atoms with Crippen molar-refractivity contribution in [2.75, 3.05) is 31.9 Å². The molecule has 1 N–H and O–H groups in total. The van der Waals surface area contributed by atoms with Crippen LogP contribution in [0.2, 0.25) is 0 Å². The van der Waals surface area contributed by atoms with Crippen LogP contribution in [-0.2, 0) is 23.8 Å². The van der Waals surface area contributed by atoms with Crippen LogP contribution in [0.15, 0.2) is 42.5 Å². The molecule has 0 saturated carbocycles. The highest BCUT2D eigenvalue weighted by atomic mass is 16.7. The Labute approximate surface area is 195 Å². The summed E-state index contributed by atoms with van der Waals surface area (Å²) in [6, 6.07) is 9.17.